The Kier molecular flexibility index (Phi) is 5.88. The Morgan fingerprint density at radius 2 is 1.85 bits per heavy atom. The maximum Gasteiger partial charge on any atom is 0.274 e. The van der Waals surface area contributed by atoms with Crippen LogP contribution in [0.1, 0.15) is 42.2 Å². The number of benzene rings is 1. The highest BCUT2D eigenvalue weighted by atomic mass is 32.1. The van der Waals surface area contributed by atoms with Gasteiger partial charge < -0.3 is 15.5 Å². The predicted octanol–water partition coefficient (Wildman–Crippen LogP) is 3.42. The minimum Gasteiger partial charge on any atom is -0.337 e. The molecule has 26 heavy (non-hydrogen) atoms. The van der Waals surface area contributed by atoms with Crippen LogP contribution in [0.5, 0.6) is 0 Å². The molecule has 1 aliphatic rings. The first kappa shape index (κ1) is 18.4. The monoisotopic (exact) mass is 371 g/mol. The molecule has 0 aliphatic carbocycles. The van der Waals surface area contributed by atoms with E-state index in [4.69, 9.17) is 12.2 Å². The number of hydrogen-bond donors (Lipinski definition) is 2. The summed E-state index contributed by atoms with van der Waals surface area (Å²) in [7, 11) is 1.78. The van der Waals surface area contributed by atoms with E-state index in [-0.39, 0.29) is 5.91 Å². The Balaban J connectivity index is 1.69. The molecule has 0 spiro atoms. The summed E-state index contributed by atoms with van der Waals surface area (Å²) >= 11 is 5.41. The molecule has 2 heterocycles. The molecule has 7 heteroatoms. The number of amides is 1. The van der Waals surface area contributed by atoms with Gasteiger partial charge in [0.1, 0.15) is 5.69 Å². The number of aryl methyl sites for hydroxylation is 2. The van der Waals surface area contributed by atoms with Crippen LogP contribution in [0.2, 0.25) is 0 Å². The molecule has 0 atom stereocenters. The van der Waals surface area contributed by atoms with Crippen LogP contribution in [0.4, 0.5) is 11.4 Å². The van der Waals surface area contributed by atoms with Gasteiger partial charge in [0, 0.05) is 25.8 Å². The normalized spacial score (nSPS) is 14.2. The molecule has 2 aromatic rings. The highest BCUT2D eigenvalue weighted by molar-refractivity contribution is 7.80. The van der Waals surface area contributed by atoms with E-state index >= 15 is 0 Å². The smallest absolute Gasteiger partial charge is 0.274 e. The molecule has 1 aromatic heterocycles. The summed E-state index contributed by atoms with van der Waals surface area (Å²) in [6.07, 6.45) is 5.94. The summed E-state index contributed by atoms with van der Waals surface area (Å²) in [5.74, 6) is 0.00213. The third-order valence-corrected chi connectivity index (χ3v) is 4.86. The van der Waals surface area contributed by atoms with Gasteiger partial charge in [0.2, 0.25) is 0 Å². The van der Waals surface area contributed by atoms with Crippen molar-refractivity contribution < 1.29 is 4.79 Å². The molecule has 3 rings (SSSR count). The quantitative estimate of drug-likeness (QED) is 0.807. The Hall–Kier alpha value is -2.41. The Morgan fingerprint density at radius 1 is 1.15 bits per heavy atom. The second-order valence-electron chi connectivity index (χ2n) is 6.51. The van der Waals surface area contributed by atoms with Crippen LogP contribution in [0.25, 0.3) is 0 Å². The van der Waals surface area contributed by atoms with Gasteiger partial charge in [-0.3, -0.25) is 9.48 Å². The Morgan fingerprint density at radius 3 is 2.50 bits per heavy atom. The summed E-state index contributed by atoms with van der Waals surface area (Å²) in [6.45, 7) is 3.73. The second-order valence-corrected chi connectivity index (χ2v) is 6.92. The highest BCUT2D eigenvalue weighted by Crippen LogP contribution is 2.20. The number of anilines is 2. The molecular weight excluding hydrogens is 346 g/mol. The first-order valence-corrected chi connectivity index (χ1v) is 9.47. The lowest BCUT2D eigenvalue weighted by Crippen LogP contribution is -2.37. The molecule has 0 bridgehead atoms. The Labute approximate surface area is 159 Å². The minimum atomic E-state index is 0.00213. The first-order chi connectivity index (χ1) is 12.6. The molecule has 0 saturated carbocycles. The lowest BCUT2D eigenvalue weighted by molar-refractivity contribution is 0.0714. The SMILES string of the molecule is CCc1ccc(NC(=S)Nc2cnn(C)c2C(=O)N2CCCCC2)cc1. The number of likely N-dealkylation sites (tertiary alicyclic amines) is 1. The standard InChI is InChI=1S/C19H25N5OS/c1-3-14-7-9-15(10-8-14)21-19(26)22-16-13-20-23(2)17(16)18(25)24-11-5-4-6-12-24/h7-10,13H,3-6,11-12H2,1-2H3,(H2,21,22,26). The van der Waals surface area contributed by atoms with Crippen molar-refractivity contribution in [3.63, 3.8) is 0 Å². The van der Waals surface area contributed by atoms with E-state index in [0.717, 1.165) is 38.0 Å². The van der Waals surface area contributed by atoms with Crippen molar-refractivity contribution in [3.05, 3.63) is 41.7 Å². The van der Waals surface area contributed by atoms with E-state index in [1.54, 1.807) is 17.9 Å². The zero-order valence-electron chi connectivity index (χ0n) is 15.3. The van der Waals surface area contributed by atoms with Crippen LogP contribution in [0.15, 0.2) is 30.5 Å². The number of nitrogens with zero attached hydrogens (tertiary/aromatic N) is 3. The van der Waals surface area contributed by atoms with Crippen LogP contribution in [0, 0.1) is 0 Å². The first-order valence-electron chi connectivity index (χ1n) is 9.06. The maximum atomic E-state index is 12.9. The molecule has 1 saturated heterocycles. The van der Waals surface area contributed by atoms with E-state index in [0.29, 0.717) is 16.5 Å². The summed E-state index contributed by atoms with van der Waals surface area (Å²) in [5, 5.41) is 10.9. The van der Waals surface area contributed by atoms with Crippen molar-refractivity contribution in [1.82, 2.24) is 14.7 Å². The summed E-state index contributed by atoms with van der Waals surface area (Å²) in [6, 6.07) is 8.13. The van der Waals surface area contributed by atoms with Crippen molar-refractivity contribution in [1.29, 1.82) is 0 Å². The van der Waals surface area contributed by atoms with Crippen molar-refractivity contribution in [3.8, 4) is 0 Å². The molecule has 2 N–H and O–H groups in total. The summed E-state index contributed by atoms with van der Waals surface area (Å²) in [4.78, 5) is 14.8. The number of carbonyl (C=O) groups excluding carboxylic acids is 1. The van der Waals surface area contributed by atoms with E-state index in [1.807, 2.05) is 17.0 Å². The van der Waals surface area contributed by atoms with E-state index in [2.05, 4.69) is 34.8 Å². The number of carbonyl (C=O) groups is 1. The van der Waals surface area contributed by atoms with Gasteiger partial charge in [0.15, 0.2) is 5.11 Å². The fraction of sp³-hybridized carbons (Fsp3) is 0.421. The fourth-order valence-electron chi connectivity index (χ4n) is 3.14. The highest BCUT2D eigenvalue weighted by Gasteiger charge is 2.24. The largest absolute Gasteiger partial charge is 0.337 e. The average Bonchev–Trinajstić information content (AvgIpc) is 3.02. The molecule has 1 fully saturated rings. The van der Waals surface area contributed by atoms with E-state index in [1.165, 1.54) is 12.0 Å². The van der Waals surface area contributed by atoms with Crippen LogP contribution in [-0.4, -0.2) is 38.8 Å². The van der Waals surface area contributed by atoms with Crippen molar-refractivity contribution in [2.45, 2.75) is 32.6 Å². The van der Waals surface area contributed by atoms with Crippen LogP contribution in [-0.2, 0) is 13.5 Å². The van der Waals surface area contributed by atoms with Crippen LogP contribution in [0.3, 0.4) is 0 Å². The zero-order valence-corrected chi connectivity index (χ0v) is 16.1. The van der Waals surface area contributed by atoms with E-state index in [9.17, 15) is 4.79 Å². The van der Waals surface area contributed by atoms with Gasteiger partial charge >= 0.3 is 0 Å². The number of rotatable bonds is 4. The molecule has 0 unspecified atom stereocenters. The molecule has 138 valence electrons. The predicted molar refractivity (Wildman–Crippen MR) is 109 cm³/mol. The van der Waals surface area contributed by atoms with Crippen LogP contribution < -0.4 is 10.6 Å². The minimum absolute atomic E-state index is 0.00213. The number of aromatic nitrogens is 2. The maximum absolute atomic E-state index is 12.9. The van der Waals surface area contributed by atoms with Crippen molar-refractivity contribution >= 4 is 34.6 Å². The number of hydrogen-bond acceptors (Lipinski definition) is 3. The van der Waals surface area contributed by atoms with Crippen molar-refractivity contribution in [2.24, 2.45) is 7.05 Å². The van der Waals surface area contributed by atoms with Gasteiger partial charge in [-0.2, -0.15) is 5.10 Å². The van der Waals surface area contributed by atoms with Gasteiger partial charge in [-0.15, -0.1) is 0 Å². The lowest BCUT2D eigenvalue weighted by Gasteiger charge is -2.27. The molecular formula is C19H25N5OS. The second kappa shape index (κ2) is 8.31. The molecule has 1 aromatic carbocycles. The topological polar surface area (TPSA) is 62.2 Å². The third-order valence-electron chi connectivity index (χ3n) is 4.65. The van der Waals surface area contributed by atoms with Gasteiger partial charge in [-0.1, -0.05) is 19.1 Å². The van der Waals surface area contributed by atoms with Crippen molar-refractivity contribution in [2.75, 3.05) is 23.7 Å². The summed E-state index contributed by atoms with van der Waals surface area (Å²) in [5.41, 5.74) is 3.35. The average molecular weight is 372 g/mol. The summed E-state index contributed by atoms with van der Waals surface area (Å²) < 4.78 is 1.61. The molecule has 1 amide bonds. The number of nitrogens with one attached hydrogen (secondary N) is 2. The number of thiocarbonyl (C=S) groups is 1. The Bertz CT molecular complexity index is 778. The molecule has 0 radical (unpaired) electrons. The van der Waals surface area contributed by atoms with Gasteiger partial charge in [0.05, 0.1) is 11.9 Å². The van der Waals surface area contributed by atoms with Gasteiger partial charge in [0.25, 0.3) is 5.91 Å². The van der Waals surface area contributed by atoms with Crippen LogP contribution >= 0.6 is 12.2 Å². The van der Waals surface area contributed by atoms with Gasteiger partial charge in [-0.25, -0.2) is 0 Å². The van der Waals surface area contributed by atoms with Gasteiger partial charge in [-0.05, 0) is 55.6 Å². The zero-order chi connectivity index (χ0) is 18.5. The molecule has 1 aliphatic heterocycles. The third kappa shape index (κ3) is 4.22. The van der Waals surface area contributed by atoms with E-state index < -0.39 is 0 Å². The molecule has 6 nitrogen and oxygen atoms in total. The fourth-order valence-corrected chi connectivity index (χ4v) is 3.37. The lowest BCUT2D eigenvalue weighted by atomic mass is 10.1. The number of piperidine rings is 1.